The van der Waals surface area contributed by atoms with Gasteiger partial charge in [-0.1, -0.05) is 13.0 Å². The van der Waals surface area contributed by atoms with Crippen molar-refractivity contribution in [3.05, 3.63) is 63.0 Å². The molecule has 1 aromatic carbocycles. The van der Waals surface area contributed by atoms with E-state index in [1.807, 2.05) is 13.0 Å². The first-order valence-corrected chi connectivity index (χ1v) is 8.70. The number of benzene rings is 1. The molecule has 0 bridgehead atoms. The molecule has 0 aliphatic carbocycles. The zero-order chi connectivity index (χ0) is 20.3. The molecule has 0 saturated carbocycles. The molecule has 3 N–H and O–H groups in total. The predicted molar refractivity (Wildman–Crippen MR) is 99.0 cm³/mol. The molecule has 8 heteroatoms. The van der Waals surface area contributed by atoms with Crippen LogP contribution in [-0.4, -0.2) is 18.8 Å². The van der Waals surface area contributed by atoms with E-state index >= 15 is 0 Å². The van der Waals surface area contributed by atoms with Gasteiger partial charge in [-0.15, -0.1) is 0 Å². The number of aliphatic hydroxyl groups is 1. The van der Waals surface area contributed by atoms with Crippen molar-refractivity contribution in [3.8, 4) is 23.3 Å². The molecule has 1 atom stereocenters. The second-order valence-corrected chi connectivity index (χ2v) is 6.11. The number of ether oxygens (including phenoxy) is 3. The first kappa shape index (κ1) is 19.3. The number of allylic oxidation sites excluding steroid dienone is 1. The summed E-state index contributed by atoms with van der Waals surface area (Å²) in [7, 11) is 1.53. The van der Waals surface area contributed by atoms with Crippen molar-refractivity contribution in [1.82, 2.24) is 0 Å². The highest BCUT2D eigenvalue weighted by atomic mass is 16.5. The van der Waals surface area contributed by atoms with Crippen LogP contribution >= 0.6 is 0 Å². The first-order valence-electron chi connectivity index (χ1n) is 8.70. The van der Waals surface area contributed by atoms with Crippen LogP contribution in [0.1, 0.15) is 36.3 Å². The van der Waals surface area contributed by atoms with Crippen LogP contribution in [0.25, 0.3) is 0 Å². The predicted octanol–water partition coefficient (Wildman–Crippen LogP) is 2.15. The fourth-order valence-electron chi connectivity index (χ4n) is 2.99. The zero-order valence-electron chi connectivity index (χ0n) is 15.5. The lowest BCUT2D eigenvalue weighted by molar-refractivity contribution is 0.231. The van der Waals surface area contributed by atoms with E-state index in [1.54, 1.807) is 18.2 Å². The van der Waals surface area contributed by atoms with Crippen LogP contribution in [-0.2, 0) is 6.61 Å². The van der Waals surface area contributed by atoms with Gasteiger partial charge in [0.25, 0.3) is 0 Å². The van der Waals surface area contributed by atoms with Crippen LogP contribution in [0.4, 0.5) is 0 Å². The molecule has 1 aliphatic heterocycles. The minimum absolute atomic E-state index is 0.0612. The maximum atomic E-state index is 12.4. The second-order valence-electron chi connectivity index (χ2n) is 6.11. The third-order valence-electron chi connectivity index (χ3n) is 4.27. The number of nitriles is 1. The Kier molecular flexibility index (Phi) is 5.57. The van der Waals surface area contributed by atoms with Gasteiger partial charge in [0.1, 0.15) is 24.0 Å². The van der Waals surface area contributed by atoms with Crippen LogP contribution in [0.5, 0.6) is 17.2 Å². The third kappa shape index (κ3) is 3.40. The molecule has 0 spiro atoms. The summed E-state index contributed by atoms with van der Waals surface area (Å²) in [6.07, 6.45) is 0.804. The normalized spacial score (nSPS) is 15.4. The summed E-state index contributed by atoms with van der Waals surface area (Å²) in [6, 6.07) is 8.30. The van der Waals surface area contributed by atoms with Gasteiger partial charge in [0, 0.05) is 6.07 Å². The Hall–Kier alpha value is -3.44. The summed E-state index contributed by atoms with van der Waals surface area (Å²) >= 11 is 0. The number of hydrogen-bond donors (Lipinski definition) is 2. The number of rotatable bonds is 6. The Balaban J connectivity index is 2.21. The van der Waals surface area contributed by atoms with Crippen molar-refractivity contribution >= 4 is 0 Å². The van der Waals surface area contributed by atoms with Crippen molar-refractivity contribution in [3.63, 3.8) is 0 Å². The van der Waals surface area contributed by atoms with Gasteiger partial charge in [0.15, 0.2) is 17.3 Å². The molecule has 0 amide bonds. The fourth-order valence-corrected chi connectivity index (χ4v) is 2.99. The Morgan fingerprint density at radius 3 is 2.75 bits per heavy atom. The summed E-state index contributed by atoms with van der Waals surface area (Å²) in [5, 5.41) is 19.0. The van der Waals surface area contributed by atoms with Gasteiger partial charge in [0.2, 0.25) is 17.1 Å². The van der Waals surface area contributed by atoms with Crippen molar-refractivity contribution in [1.29, 1.82) is 5.26 Å². The lowest BCUT2D eigenvalue weighted by Crippen LogP contribution is -2.25. The van der Waals surface area contributed by atoms with Crippen molar-refractivity contribution in [2.75, 3.05) is 13.7 Å². The van der Waals surface area contributed by atoms with Crippen LogP contribution in [0, 0.1) is 11.3 Å². The number of methoxy groups -OCH3 is 1. The highest BCUT2D eigenvalue weighted by Gasteiger charge is 2.35. The van der Waals surface area contributed by atoms with Crippen molar-refractivity contribution in [2.24, 2.45) is 5.73 Å². The van der Waals surface area contributed by atoms with Gasteiger partial charge in [-0.25, -0.2) is 0 Å². The summed E-state index contributed by atoms with van der Waals surface area (Å²) < 4.78 is 22.1. The van der Waals surface area contributed by atoms with Crippen LogP contribution in [0.15, 0.2) is 44.9 Å². The fraction of sp³-hybridized carbons (Fsp3) is 0.300. The molecule has 146 valence electrons. The Morgan fingerprint density at radius 1 is 1.32 bits per heavy atom. The first-order chi connectivity index (χ1) is 13.5. The average Bonchev–Trinajstić information content (AvgIpc) is 2.71. The van der Waals surface area contributed by atoms with Gasteiger partial charge >= 0.3 is 0 Å². The van der Waals surface area contributed by atoms with Crippen LogP contribution < -0.4 is 25.4 Å². The number of aliphatic hydroxyl groups excluding tert-OH is 1. The van der Waals surface area contributed by atoms with E-state index in [4.69, 9.17) is 24.4 Å². The van der Waals surface area contributed by atoms with E-state index in [0.717, 1.165) is 12.5 Å². The Morgan fingerprint density at radius 2 is 2.11 bits per heavy atom. The Labute approximate surface area is 161 Å². The van der Waals surface area contributed by atoms with Gasteiger partial charge in [0.05, 0.1) is 19.6 Å². The topological polar surface area (TPSA) is 128 Å². The largest absolute Gasteiger partial charge is 0.493 e. The van der Waals surface area contributed by atoms with Gasteiger partial charge < -0.3 is 29.5 Å². The quantitative estimate of drug-likeness (QED) is 0.775. The molecule has 8 nitrogen and oxygen atoms in total. The number of nitrogens with two attached hydrogens (primary N) is 1. The summed E-state index contributed by atoms with van der Waals surface area (Å²) in [5.74, 6) is 0.126. The third-order valence-corrected chi connectivity index (χ3v) is 4.27. The number of nitrogens with zero attached hydrogens (tertiary/aromatic N) is 1. The molecule has 0 radical (unpaired) electrons. The van der Waals surface area contributed by atoms with E-state index in [1.165, 1.54) is 7.11 Å². The van der Waals surface area contributed by atoms with E-state index < -0.39 is 18.0 Å². The highest BCUT2D eigenvalue weighted by molar-refractivity contribution is 5.55. The highest BCUT2D eigenvalue weighted by Crippen LogP contribution is 2.43. The van der Waals surface area contributed by atoms with E-state index in [0.29, 0.717) is 23.7 Å². The van der Waals surface area contributed by atoms with Crippen molar-refractivity contribution in [2.45, 2.75) is 25.9 Å². The minimum atomic E-state index is -0.789. The van der Waals surface area contributed by atoms with Crippen LogP contribution in [0.2, 0.25) is 0 Å². The summed E-state index contributed by atoms with van der Waals surface area (Å²) in [5.41, 5.74) is 6.10. The lowest BCUT2D eigenvalue weighted by atomic mass is 9.87. The number of fused-ring (bicyclic) bond motifs is 1. The van der Waals surface area contributed by atoms with Gasteiger partial charge in [-0.3, -0.25) is 4.79 Å². The SMILES string of the molecule is CCCOc1cc([C@@H]2C(C#N)=C(N)Oc3c2oc(CO)cc3=O)ccc1OC. The number of hydrogen-bond acceptors (Lipinski definition) is 8. The molecule has 2 aromatic rings. The molecule has 0 saturated heterocycles. The molecular weight excluding hydrogens is 364 g/mol. The maximum absolute atomic E-state index is 12.4. The van der Waals surface area contributed by atoms with Gasteiger partial charge in [-0.05, 0) is 24.1 Å². The molecule has 0 fully saturated rings. The molecule has 28 heavy (non-hydrogen) atoms. The summed E-state index contributed by atoms with van der Waals surface area (Å²) in [4.78, 5) is 12.4. The maximum Gasteiger partial charge on any atom is 0.228 e. The summed E-state index contributed by atoms with van der Waals surface area (Å²) in [6.45, 7) is 1.99. The van der Waals surface area contributed by atoms with E-state index in [-0.39, 0.29) is 28.7 Å². The second kappa shape index (κ2) is 8.06. The smallest absolute Gasteiger partial charge is 0.228 e. The molecule has 0 unspecified atom stereocenters. The average molecular weight is 384 g/mol. The molecule has 1 aliphatic rings. The van der Waals surface area contributed by atoms with Crippen LogP contribution in [0.3, 0.4) is 0 Å². The molecule has 2 heterocycles. The van der Waals surface area contributed by atoms with Gasteiger partial charge in [-0.2, -0.15) is 5.26 Å². The zero-order valence-corrected chi connectivity index (χ0v) is 15.5. The Bertz CT molecular complexity index is 1020. The molecule has 1 aromatic heterocycles. The standard InChI is InChI=1S/C20H20N2O6/c1-3-6-26-16-7-11(4-5-15(16)25-2)17-13(9-21)20(22)28-18-14(24)8-12(10-23)27-19(17)18/h4-5,7-8,17,23H,3,6,10,22H2,1-2H3/t17-/m1/s1. The van der Waals surface area contributed by atoms with E-state index in [2.05, 4.69) is 0 Å². The monoisotopic (exact) mass is 384 g/mol. The molecular formula is C20H20N2O6. The minimum Gasteiger partial charge on any atom is -0.493 e. The lowest BCUT2D eigenvalue weighted by Gasteiger charge is -2.25. The van der Waals surface area contributed by atoms with Crippen molar-refractivity contribution < 1.29 is 23.7 Å². The molecule has 3 rings (SSSR count). The van der Waals surface area contributed by atoms with E-state index in [9.17, 15) is 15.2 Å².